The van der Waals surface area contributed by atoms with Crippen molar-refractivity contribution in [1.29, 1.82) is 0 Å². The molecule has 0 aliphatic carbocycles. The van der Waals surface area contributed by atoms with Crippen molar-refractivity contribution in [1.82, 2.24) is 10.2 Å². The molecule has 1 aliphatic rings. The van der Waals surface area contributed by atoms with E-state index in [1.807, 2.05) is 24.3 Å². The number of aryl methyl sites for hydroxylation is 1. The van der Waals surface area contributed by atoms with Crippen LogP contribution < -0.4 is 5.32 Å². The Hall–Kier alpha value is -1.10. The van der Waals surface area contributed by atoms with E-state index in [0.29, 0.717) is 31.3 Å². The lowest BCUT2D eigenvalue weighted by Crippen LogP contribution is -2.51. The summed E-state index contributed by atoms with van der Waals surface area (Å²) in [7, 11) is 0. The topological polar surface area (TPSA) is 41.6 Å². The first-order chi connectivity index (χ1) is 11.1. The number of rotatable bonds is 7. The Morgan fingerprint density at radius 2 is 2.00 bits per heavy atom. The number of nitrogens with zero attached hydrogens (tertiary/aromatic N) is 1. The van der Waals surface area contributed by atoms with Gasteiger partial charge in [0.1, 0.15) is 0 Å². The summed E-state index contributed by atoms with van der Waals surface area (Å²) in [5.74, 6) is 0.584. The van der Waals surface area contributed by atoms with Crippen LogP contribution in [0.15, 0.2) is 24.3 Å². The van der Waals surface area contributed by atoms with Gasteiger partial charge in [0, 0.05) is 37.1 Å². The molecule has 1 aromatic carbocycles. The Bertz CT molecular complexity index is 502. The number of hydrogen-bond donors (Lipinski definition) is 1. The van der Waals surface area contributed by atoms with Gasteiger partial charge in [-0.3, -0.25) is 9.69 Å². The third kappa shape index (κ3) is 5.79. The molecule has 1 atom stereocenters. The standard InChI is InChI=1S/C18H27ClN2O2/c1-14(2)17(21-9-11-23-12-10-21)13-20-18(22)8-7-15-5-3-4-6-16(15)19/h3-6,14,17H,7-13H2,1-2H3,(H,20,22)/t17-/m1/s1. The molecule has 0 spiro atoms. The van der Waals surface area contributed by atoms with Gasteiger partial charge in [0.05, 0.1) is 13.2 Å². The number of benzene rings is 1. The van der Waals surface area contributed by atoms with Gasteiger partial charge in [-0.15, -0.1) is 0 Å². The summed E-state index contributed by atoms with van der Waals surface area (Å²) < 4.78 is 5.41. The summed E-state index contributed by atoms with van der Waals surface area (Å²) in [6, 6.07) is 8.05. The maximum Gasteiger partial charge on any atom is 0.220 e. The van der Waals surface area contributed by atoms with Gasteiger partial charge >= 0.3 is 0 Å². The van der Waals surface area contributed by atoms with E-state index in [2.05, 4.69) is 24.1 Å². The molecule has 0 radical (unpaired) electrons. The zero-order valence-electron chi connectivity index (χ0n) is 14.1. The minimum atomic E-state index is 0.0869. The second kappa shape index (κ2) is 9.26. The first kappa shape index (κ1) is 18.2. The third-order valence-electron chi connectivity index (χ3n) is 4.37. The molecule has 23 heavy (non-hydrogen) atoms. The first-order valence-corrected chi connectivity index (χ1v) is 8.77. The molecule has 5 heteroatoms. The highest BCUT2D eigenvalue weighted by atomic mass is 35.5. The molecule has 1 N–H and O–H groups in total. The van der Waals surface area contributed by atoms with Crippen molar-refractivity contribution in [2.24, 2.45) is 5.92 Å². The zero-order chi connectivity index (χ0) is 16.7. The van der Waals surface area contributed by atoms with Gasteiger partial charge in [-0.05, 0) is 24.0 Å². The Morgan fingerprint density at radius 1 is 1.30 bits per heavy atom. The average molecular weight is 339 g/mol. The van der Waals surface area contributed by atoms with Crippen LogP contribution in [0.1, 0.15) is 25.8 Å². The molecule has 1 fully saturated rings. The van der Waals surface area contributed by atoms with Gasteiger partial charge < -0.3 is 10.1 Å². The minimum Gasteiger partial charge on any atom is -0.379 e. The van der Waals surface area contributed by atoms with E-state index >= 15 is 0 Å². The van der Waals surface area contributed by atoms with Crippen LogP contribution in [0.25, 0.3) is 0 Å². The van der Waals surface area contributed by atoms with Crippen molar-refractivity contribution < 1.29 is 9.53 Å². The fourth-order valence-electron chi connectivity index (χ4n) is 2.95. The summed E-state index contributed by atoms with van der Waals surface area (Å²) in [6.45, 7) is 8.55. The number of hydrogen-bond acceptors (Lipinski definition) is 3. The quantitative estimate of drug-likeness (QED) is 0.831. The molecule has 0 unspecified atom stereocenters. The number of ether oxygens (including phenoxy) is 1. The van der Waals surface area contributed by atoms with Crippen LogP contribution >= 0.6 is 11.6 Å². The van der Waals surface area contributed by atoms with Crippen molar-refractivity contribution in [2.75, 3.05) is 32.8 Å². The summed E-state index contributed by atoms with van der Waals surface area (Å²) in [4.78, 5) is 14.6. The molecule has 0 bridgehead atoms. The van der Waals surface area contributed by atoms with Crippen LogP contribution in [0.4, 0.5) is 0 Å². The lowest BCUT2D eigenvalue weighted by molar-refractivity contribution is -0.121. The van der Waals surface area contributed by atoms with Crippen LogP contribution in [0.3, 0.4) is 0 Å². The molecule has 1 amide bonds. The minimum absolute atomic E-state index is 0.0869. The summed E-state index contributed by atoms with van der Waals surface area (Å²) >= 11 is 6.13. The fraction of sp³-hybridized carbons (Fsp3) is 0.611. The average Bonchev–Trinajstić information content (AvgIpc) is 2.55. The predicted molar refractivity (Wildman–Crippen MR) is 93.8 cm³/mol. The Morgan fingerprint density at radius 3 is 2.65 bits per heavy atom. The van der Waals surface area contributed by atoms with E-state index in [-0.39, 0.29) is 5.91 Å². The number of carbonyl (C=O) groups excluding carboxylic acids is 1. The van der Waals surface area contributed by atoms with Gasteiger partial charge in [-0.1, -0.05) is 43.6 Å². The van der Waals surface area contributed by atoms with E-state index in [0.717, 1.165) is 36.9 Å². The van der Waals surface area contributed by atoms with Crippen molar-refractivity contribution in [2.45, 2.75) is 32.7 Å². The normalized spacial score (nSPS) is 17.2. The first-order valence-electron chi connectivity index (χ1n) is 8.40. The molecule has 2 rings (SSSR count). The van der Waals surface area contributed by atoms with Crippen LogP contribution in [0, 0.1) is 5.92 Å². The molecule has 1 heterocycles. The third-order valence-corrected chi connectivity index (χ3v) is 4.74. The Balaban J connectivity index is 1.78. The summed E-state index contributed by atoms with van der Waals surface area (Å²) in [6.07, 6.45) is 1.15. The second-order valence-electron chi connectivity index (χ2n) is 6.36. The van der Waals surface area contributed by atoms with Crippen LogP contribution in [0.5, 0.6) is 0 Å². The molecular formula is C18H27ClN2O2. The maximum absolute atomic E-state index is 12.1. The lowest BCUT2D eigenvalue weighted by atomic mass is 10.0. The fourth-order valence-corrected chi connectivity index (χ4v) is 3.18. The Kier molecular flexibility index (Phi) is 7.34. The van der Waals surface area contributed by atoms with Gasteiger partial charge in [-0.2, -0.15) is 0 Å². The molecule has 1 aliphatic heterocycles. The lowest BCUT2D eigenvalue weighted by Gasteiger charge is -2.36. The molecule has 128 valence electrons. The van der Waals surface area contributed by atoms with Gasteiger partial charge in [-0.25, -0.2) is 0 Å². The highest BCUT2D eigenvalue weighted by Gasteiger charge is 2.24. The smallest absolute Gasteiger partial charge is 0.220 e. The van der Waals surface area contributed by atoms with E-state index in [1.54, 1.807) is 0 Å². The second-order valence-corrected chi connectivity index (χ2v) is 6.76. The van der Waals surface area contributed by atoms with Gasteiger partial charge in [0.25, 0.3) is 0 Å². The van der Waals surface area contributed by atoms with Crippen LogP contribution in [-0.4, -0.2) is 49.7 Å². The highest BCUT2D eigenvalue weighted by Crippen LogP contribution is 2.16. The van der Waals surface area contributed by atoms with Crippen molar-refractivity contribution in [3.05, 3.63) is 34.9 Å². The Labute approximate surface area is 144 Å². The zero-order valence-corrected chi connectivity index (χ0v) is 14.8. The van der Waals surface area contributed by atoms with E-state index in [9.17, 15) is 4.79 Å². The summed E-state index contributed by atoms with van der Waals surface area (Å²) in [5, 5.41) is 3.82. The highest BCUT2D eigenvalue weighted by molar-refractivity contribution is 6.31. The monoisotopic (exact) mass is 338 g/mol. The number of morpholine rings is 1. The van der Waals surface area contributed by atoms with Crippen molar-refractivity contribution in [3.63, 3.8) is 0 Å². The van der Waals surface area contributed by atoms with E-state index in [1.165, 1.54) is 0 Å². The van der Waals surface area contributed by atoms with Crippen molar-refractivity contribution >= 4 is 17.5 Å². The number of nitrogens with one attached hydrogen (secondary N) is 1. The number of halogens is 1. The molecular weight excluding hydrogens is 312 g/mol. The van der Waals surface area contributed by atoms with Gasteiger partial charge in [0.2, 0.25) is 5.91 Å². The number of amides is 1. The van der Waals surface area contributed by atoms with Crippen LogP contribution in [-0.2, 0) is 16.0 Å². The van der Waals surface area contributed by atoms with Gasteiger partial charge in [0.15, 0.2) is 0 Å². The maximum atomic E-state index is 12.1. The predicted octanol–water partition coefficient (Wildman–Crippen LogP) is 2.75. The molecule has 4 nitrogen and oxygen atoms in total. The SMILES string of the molecule is CC(C)[C@@H](CNC(=O)CCc1ccccc1Cl)N1CCOCC1. The molecule has 0 saturated carbocycles. The number of carbonyl (C=O) groups is 1. The van der Waals surface area contributed by atoms with Crippen LogP contribution in [0.2, 0.25) is 5.02 Å². The largest absolute Gasteiger partial charge is 0.379 e. The molecule has 1 saturated heterocycles. The molecule has 0 aromatic heterocycles. The van der Waals surface area contributed by atoms with E-state index in [4.69, 9.17) is 16.3 Å². The van der Waals surface area contributed by atoms with E-state index < -0.39 is 0 Å². The summed E-state index contributed by atoms with van der Waals surface area (Å²) in [5.41, 5.74) is 1.03. The molecule has 1 aromatic rings. The van der Waals surface area contributed by atoms with Crippen molar-refractivity contribution in [3.8, 4) is 0 Å².